The van der Waals surface area contributed by atoms with E-state index in [0.717, 1.165) is 73.6 Å². The summed E-state index contributed by atoms with van der Waals surface area (Å²) in [5, 5.41) is 33.5. The number of carboxylic acid groups (broad SMARTS) is 1. The van der Waals surface area contributed by atoms with Crippen molar-refractivity contribution in [2.45, 2.75) is 84.7 Å². The number of hydrogen-bond acceptors (Lipinski definition) is 5. The number of rotatable bonds is 11. The minimum Gasteiger partial charge on any atom is -0.506 e. The molecule has 0 saturated carbocycles. The van der Waals surface area contributed by atoms with Gasteiger partial charge >= 0.3 is 11.9 Å². The van der Waals surface area contributed by atoms with Crippen LogP contribution in [0, 0.1) is 0 Å². The van der Waals surface area contributed by atoms with Crippen molar-refractivity contribution in [3.05, 3.63) is 89.3 Å². The second kappa shape index (κ2) is 12.6. The fourth-order valence-electron chi connectivity index (χ4n) is 5.97. The van der Waals surface area contributed by atoms with Crippen molar-refractivity contribution in [2.24, 2.45) is 0 Å². The Morgan fingerprint density at radius 1 is 0.756 bits per heavy atom. The molecule has 0 saturated heterocycles. The largest absolute Gasteiger partial charge is 0.506 e. The van der Waals surface area contributed by atoms with Gasteiger partial charge in [-0.05, 0) is 110 Å². The van der Waals surface area contributed by atoms with Crippen LogP contribution in [0.2, 0.25) is 0 Å². The van der Waals surface area contributed by atoms with Gasteiger partial charge in [-0.2, -0.15) is 0 Å². The molecule has 1 aliphatic heterocycles. The van der Waals surface area contributed by atoms with E-state index in [4.69, 9.17) is 4.74 Å². The Morgan fingerprint density at radius 3 is 1.63 bits per heavy atom. The van der Waals surface area contributed by atoms with Crippen molar-refractivity contribution in [1.82, 2.24) is 0 Å². The first-order valence-corrected chi connectivity index (χ1v) is 15.8. The molecule has 1 aliphatic rings. The number of ether oxygens (including phenoxy) is 1. The van der Waals surface area contributed by atoms with Crippen LogP contribution in [-0.4, -0.2) is 27.3 Å². The summed E-state index contributed by atoms with van der Waals surface area (Å²) < 4.78 is 7.29. The molecule has 0 radical (unpaired) electrons. The number of carboxylic acids is 1. The standard InChI is InChI=1S/C33H36Br2O6/c1-5-9-18-15-25(29(36)27(34)21(18)11-7-3)33(24-17-20(31(38)39)13-14-23(24)32(40)41-33)26-16-19(10-6-2)22(12-8-4)28(35)30(26)37/h13-17,36-37H,5-12H2,1-4H3,(H,38,39). The van der Waals surface area contributed by atoms with Crippen molar-refractivity contribution in [2.75, 3.05) is 0 Å². The van der Waals surface area contributed by atoms with Crippen LogP contribution in [0.5, 0.6) is 11.5 Å². The van der Waals surface area contributed by atoms with Crippen molar-refractivity contribution < 1.29 is 29.6 Å². The lowest BCUT2D eigenvalue weighted by Crippen LogP contribution is -2.31. The molecule has 41 heavy (non-hydrogen) atoms. The predicted octanol–water partition coefficient (Wildman–Crippen LogP) is 8.59. The van der Waals surface area contributed by atoms with E-state index in [-0.39, 0.29) is 39.3 Å². The normalized spacial score (nSPS) is 13.8. The first-order chi connectivity index (χ1) is 19.6. The second-order valence-electron chi connectivity index (χ2n) is 10.6. The Labute approximate surface area is 258 Å². The lowest BCUT2D eigenvalue weighted by Gasteiger charge is -2.34. The number of cyclic esters (lactones) is 1. The number of aromatic carboxylic acids is 1. The number of esters is 1. The maximum absolute atomic E-state index is 13.5. The van der Waals surface area contributed by atoms with Crippen molar-refractivity contribution in [1.29, 1.82) is 0 Å². The number of hydrogen-bond donors (Lipinski definition) is 3. The van der Waals surface area contributed by atoms with Gasteiger partial charge in [0.2, 0.25) is 0 Å². The minimum atomic E-state index is -1.79. The molecule has 4 rings (SSSR count). The molecule has 3 aromatic rings. The lowest BCUT2D eigenvalue weighted by molar-refractivity contribution is 0.0238. The molecular formula is C33H36Br2O6. The Kier molecular flexibility index (Phi) is 9.54. The molecule has 0 fully saturated rings. The maximum Gasteiger partial charge on any atom is 0.340 e. The second-order valence-corrected chi connectivity index (χ2v) is 12.2. The average Bonchev–Trinajstić information content (AvgIpc) is 3.24. The summed E-state index contributed by atoms with van der Waals surface area (Å²) in [5.74, 6) is -2.04. The predicted molar refractivity (Wildman–Crippen MR) is 166 cm³/mol. The zero-order valence-electron chi connectivity index (χ0n) is 23.9. The summed E-state index contributed by atoms with van der Waals surface area (Å²) in [6.45, 7) is 8.28. The number of halogens is 2. The van der Waals surface area contributed by atoms with Gasteiger partial charge in [-0.3, -0.25) is 0 Å². The van der Waals surface area contributed by atoms with E-state index in [1.165, 1.54) is 18.2 Å². The summed E-state index contributed by atoms with van der Waals surface area (Å²) >= 11 is 7.28. The highest BCUT2D eigenvalue weighted by atomic mass is 79.9. The Morgan fingerprint density at radius 2 is 1.22 bits per heavy atom. The summed E-state index contributed by atoms with van der Waals surface area (Å²) in [4.78, 5) is 25.6. The van der Waals surface area contributed by atoms with E-state index in [1.807, 2.05) is 12.1 Å². The summed E-state index contributed by atoms with van der Waals surface area (Å²) in [5.41, 5.74) is 3.10. The zero-order valence-corrected chi connectivity index (χ0v) is 27.0. The van der Waals surface area contributed by atoms with E-state index in [1.54, 1.807) is 0 Å². The van der Waals surface area contributed by atoms with E-state index < -0.39 is 17.5 Å². The molecule has 8 heteroatoms. The minimum absolute atomic E-state index is 0.0312. The fourth-order valence-corrected chi connectivity index (χ4v) is 7.30. The van der Waals surface area contributed by atoms with Crippen molar-refractivity contribution in [3.63, 3.8) is 0 Å². The number of aromatic hydroxyl groups is 2. The summed E-state index contributed by atoms with van der Waals surface area (Å²) in [6.07, 6.45) is 6.35. The molecule has 6 nitrogen and oxygen atoms in total. The van der Waals surface area contributed by atoms with Gasteiger partial charge in [0.25, 0.3) is 0 Å². The first-order valence-electron chi connectivity index (χ1n) is 14.3. The third-order valence-corrected chi connectivity index (χ3v) is 9.49. The van der Waals surface area contributed by atoms with Gasteiger partial charge in [0.1, 0.15) is 11.5 Å². The molecule has 0 atom stereocenters. The highest BCUT2D eigenvalue weighted by Crippen LogP contribution is 2.56. The van der Waals surface area contributed by atoms with Gasteiger partial charge in [0.15, 0.2) is 5.60 Å². The number of fused-ring (bicyclic) bond motifs is 1. The van der Waals surface area contributed by atoms with Crippen molar-refractivity contribution in [3.8, 4) is 11.5 Å². The summed E-state index contributed by atoms with van der Waals surface area (Å²) in [6, 6.07) is 7.94. The fraction of sp³-hybridized carbons (Fsp3) is 0.394. The van der Waals surface area contributed by atoms with Crippen LogP contribution >= 0.6 is 31.9 Å². The van der Waals surface area contributed by atoms with Gasteiger partial charge in [-0.25, -0.2) is 9.59 Å². The summed E-state index contributed by atoms with van der Waals surface area (Å²) in [7, 11) is 0. The molecular weight excluding hydrogens is 652 g/mol. The van der Waals surface area contributed by atoms with Crippen LogP contribution in [0.1, 0.15) is 113 Å². The monoisotopic (exact) mass is 686 g/mol. The molecule has 0 bridgehead atoms. The zero-order chi connectivity index (χ0) is 30.1. The molecule has 0 aliphatic carbocycles. The van der Waals surface area contributed by atoms with Crippen molar-refractivity contribution >= 4 is 43.8 Å². The number of carbonyl (C=O) groups is 2. The molecule has 3 aromatic carbocycles. The van der Waals surface area contributed by atoms with Gasteiger partial charge in [0, 0.05) is 16.7 Å². The van der Waals surface area contributed by atoms with Crippen LogP contribution < -0.4 is 0 Å². The Balaban J connectivity index is 2.21. The average molecular weight is 688 g/mol. The van der Waals surface area contributed by atoms with Gasteiger partial charge in [0.05, 0.1) is 20.1 Å². The van der Waals surface area contributed by atoms with Crippen LogP contribution in [0.4, 0.5) is 0 Å². The first kappa shape index (κ1) is 31.1. The lowest BCUT2D eigenvalue weighted by atomic mass is 9.76. The van der Waals surface area contributed by atoms with E-state index >= 15 is 0 Å². The van der Waals surface area contributed by atoms with Crippen LogP contribution in [0.25, 0.3) is 0 Å². The maximum atomic E-state index is 13.5. The van der Waals surface area contributed by atoms with Crippen LogP contribution in [0.3, 0.4) is 0 Å². The third-order valence-electron chi connectivity index (χ3n) is 7.78. The van der Waals surface area contributed by atoms with Gasteiger partial charge < -0.3 is 20.1 Å². The molecule has 1 heterocycles. The quantitative estimate of drug-likeness (QED) is 0.175. The third kappa shape index (κ3) is 5.29. The number of phenols is 2. The van der Waals surface area contributed by atoms with Crippen LogP contribution in [0.15, 0.2) is 39.3 Å². The number of phenolic OH excluding ortho intramolecular Hbond substituents is 2. The van der Waals surface area contributed by atoms with Gasteiger partial charge in [-0.1, -0.05) is 53.4 Å². The number of aryl methyl sites for hydroxylation is 2. The Bertz CT molecular complexity index is 1440. The molecule has 0 spiro atoms. The van der Waals surface area contributed by atoms with Crippen LogP contribution in [-0.2, 0) is 36.0 Å². The molecule has 0 aromatic heterocycles. The highest BCUT2D eigenvalue weighted by molar-refractivity contribution is 9.11. The molecule has 3 N–H and O–H groups in total. The Hall–Kier alpha value is -2.84. The smallest absolute Gasteiger partial charge is 0.340 e. The number of carbonyl (C=O) groups excluding carboxylic acids is 1. The van der Waals surface area contributed by atoms with Gasteiger partial charge in [-0.15, -0.1) is 0 Å². The number of benzene rings is 3. The van der Waals surface area contributed by atoms with E-state index in [9.17, 15) is 24.9 Å². The SMILES string of the molecule is CCCc1cc(C2(c3cc(CCC)c(CCC)c(Br)c3O)OC(=O)c3ccc(C(=O)O)cc32)c(O)c(Br)c1CCC. The van der Waals surface area contributed by atoms with E-state index in [2.05, 4.69) is 59.6 Å². The topological polar surface area (TPSA) is 104 Å². The molecule has 0 unspecified atom stereocenters. The molecule has 218 valence electrons. The highest BCUT2D eigenvalue weighted by Gasteiger charge is 2.53. The molecule has 0 amide bonds. The van der Waals surface area contributed by atoms with E-state index in [0.29, 0.717) is 8.95 Å².